The van der Waals surface area contributed by atoms with Crippen molar-refractivity contribution in [2.24, 2.45) is 0 Å². The maximum atomic E-state index is 11.8. The summed E-state index contributed by atoms with van der Waals surface area (Å²) in [6.07, 6.45) is 4.84. The number of aryl methyl sites for hydroxylation is 1. The van der Waals surface area contributed by atoms with Gasteiger partial charge in [0.1, 0.15) is 5.82 Å². The van der Waals surface area contributed by atoms with E-state index >= 15 is 0 Å². The van der Waals surface area contributed by atoms with Gasteiger partial charge in [-0.05, 0) is 37.3 Å². The van der Waals surface area contributed by atoms with Gasteiger partial charge in [0, 0.05) is 0 Å². The van der Waals surface area contributed by atoms with E-state index in [1.54, 1.807) is 13.3 Å². The average molecular weight is 285 g/mol. The third-order valence-electron chi connectivity index (χ3n) is 3.97. The van der Waals surface area contributed by atoms with Gasteiger partial charge in [-0.1, -0.05) is 24.3 Å². The highest BCUT2D eigenvalue weighted by Gasteiger charge is 2.25. The lowest BCUT2D eigenvalue weighted by Gasteiger charge is -2.27. The number of nitrogens with zero attached hydrogens (tertiary/aromatic N) is 2. The summed E-state index contributed by atoms with van der Waals surface area (Å²) < 4.78 is 6.88. The third kappa shape index (κ3) is 2.39. The molecule has 0 aliphatic heterocycles. The van der Waals surface area contributed by atoms with Gasteiger partial charge in [0.2, 0.25) is 0 Å². The van der Waals surface area contributed by atoms with Gasteiger partial charge in [-0.15, -0.1) is 0 Å². The van der Waals surface area contributed by atoms with Crippen LogP contribution in [0.1, 0.15) is 47.4 Å². The van der Waals surface area contributed by atoms with Crippen molar-refractivity contribution in [2.45, 2.75) is 32.2 Å². The van der Waals surface area contributed by atoms with E-state index in [0.717, 1.165) is 19.3 Å². The first kappa shape index (κ1) is 13.7. The summed E-state index contributed by atoms with van der Waals surface area (Å²) in [5.74, 6) is -0.0759. The van der Waals surface area contributed by atoms with Crippen molar-refractivity contribution in [3.8, 4) is 0 Å². The topological polar surface area (TPSA) is 70.1 Å². The molecule has 1 aliphatic rings. The van der Waals surface area contributed by atoms with Crippen LogP contribution >= 0.6 is 0 Å². The Morgan fingerprint density at radius 2 is 2.29 bits per heavy atom. The molecule has 1 atom stereocenters. The molecule has 0 saturated heterocycles. The number of rotatable bonds is 3. The molecule has 1 aromatic heterocycles. The van der Waals surface area contributed by atoms with Gasteiger partial charge in [-0.3, -0.25) is 0 Å². The average Bonchev–Trinajstić information content (AvgIpc) is 2.88. The molecule has 1 unspecified atom stereocenters. The van der Waals surface area contributed by atoms with Crippen molar-refractivity contribution in [1.82, 2.24) is 9.55 Å². The van der Waals surface area contributed by atoms with E-state index in [0.29, 0.717) is 12.4 Å². The molecule has 5 nitrogen and oxygen atoms in total. The molecule has 1 aromatic carbocycles. The molecule has 5 heteroatoms. The summed E-state index contributed by atoms with van der Waals surface area (Å²) in [7, 11) is 0. The van der Waals surface area contributed by atoms with Gasteiger partial charge in [0.25, 0.3) is 0 Å². The monoisotopic (exact) mass is 285 g/mol. The lowest BCUT2D eigenvalue weighted by Crippen LogP contribution is -2.19. The fraction of sp³-hybridized carbons (Fsp3) is 0.375. The van der Waals surface area contributed by atoms with Crippen LogP contribution in [0.15, 0.2) is 30.6 Å². The number of aromatic nitrogens is 2. The predicted molar refractivity (Wildman–Crippen MR) is 80.1 cm³/mol. The lowest BCUT2D eigenvalue weighted by atomic mass is 9.87. The summed E-state index contributed by atoms with van der Waals surface area (Å²) in [4.78, 5) is 16.0. The summed E-state index contributed by atoms with van der Waals surface area (Å²) in [5.41, 5.74) is 8.94. The number of imidazole rings is 1. The highest BCUT2D eigenvalue weighted by molar-refractivity contribution is 5.92. The molecule has 0 amide bonds. The van der Waals surface area contributed by atoms with E-state index in [1.807, 2.05) is 10.6 Å². The Balaban J connectivity index is 1.97. The summed E-state index contributed by atoms with van der Waals surface area (Å²) >= 11 is 0. The van der Waals surface area contributed by atoms with Crippen molar-refractivity contribution < 1.29 is 9.53 Å². The number of fused-ring (bicyclic) bond motifs is 1. The molecule has 1 aliphatic carbocycles. The summed E-state index contributed by atoms with van der Waals surface area (Å²) in [5, 5.41) is 0. The van der Waals surface area contributed by atoms with E-state index in [2.05, 4.69) is 23.2 Å². The first-order chi connectivity index (χ1) is 10.2. The van der Waals surface area contributed by atoms with Crippen LogP contribution in [0.2, 0.25) is 0 Å². The van der Waals surface area contributed by atoms with Crippen LogP contribution in [-0.4, -0.2) is 22.1 Å². The molecule has 110 valence electrons. The van der Waals surface area contributed by atoms with Crippen molar-refractivity contribution in [3.63, 3.8) is 0 Å². The van der Waals surface area contributed by atoms with Crippen LogP contribution in [0, 0.1) is 0 Å². The van der Waals surface area contributed by atoms with E-state index in [4.69, 9.17) is 10.5 Å². The lowest BCUT2D eigenvalue weighted by molar-refractivity contribution is 0.0521. The smallest absolute Gasteiger partial charge is 0.360 e. The van der Waals surface area contributed by atoms with Gasteiger partial charge < -0.3 is 15.0 Å². The van der Waals surface area contributed by atoms with Crippen molar-refractivity contribution >= 4 is 11.8 Å². The van der Waals surface area contributed by atoms with Crippen LogP contribution < -0.4 is 5.73 Å². The zero-order valence-corrected chi connectivity index (χ0v) is 12.1. The van der Waals surface area contributed by atoms with Gasteiger partial charge in [0.05, 0.1) is 19.0 Å². The van der Waals surface area contributed by atoms with E-state index in [1.165, 1.54) is 11.1 Å². The molecule has 21 heavy (non-hydrogen) atoms. The molecular formula is C16H19N3O2. The third-order valence-corrected chi connectivity index (χ3v) is 3.97. The highest BCUT2D eigenvalue weighted by Crippen LogP contribution is 2.34. The summed E-state index contributed by atoms with van der Waals surface area (Å²) in [6.45, 7) is 2.08. The Morgan fingerprint density at radius 3 is 3.10 bits per heavy atom. The van der Waals surface area contributed by atoms with Crippen molar-refractivity contribution in [3.05, 3.63) is 47.4 Å². The molecule has 3 rings (SSSR count). The van der Waals surface area contributed by atoms with Crippen LogP contribution in [0.4, 0.5) is 5.82 Å². The number of benzene rings is 1. The van der Waals surface area contributed by atoms with Gasteiger partial charge in [-0.25, -0.2) is 9.78 Å². The number of nitrogen functional groups attached to an aromatic ring is 1. The Labute approximate surface area is 123 Å². The number of ether oxygens (including phenoxy) is 1. The summed E-state index contributed by atoms with van der Waals surface area (Å²) in [6, 6.07) is 8.52. The molecule has 0 saturated carbocycles. The normalized spacial score (nSPS) is 17.3. The van der Waals surface area contributed by atoms with Gasteiger partial charge >= 0.3 is 5.97 Å². The molecule has 0 spiro atoms. The Bertz CT molecular complexity index is 663. The number of esters is 1. The van der Waals surface area contributed by atoms with Crippen molar-refractivity contribution in [2.75, 3.05) is 12.3 Å². The van der Waals surface area contributed by atoms with Crippen LogP contribution in [0.5, 0.6) is 0 Å². The fourth-order valence-corrected chi connectivity index (χ4v) is 2.99. The minimum Gasteiger partial charge on any atom is -0.461 e. The first-order valence-electron chi connectivity index (χ1n) is 7.29. The van der Waals surface area contributed by atoms with Gasteiger partial charge in [0.15, 0.2) is 5.69 Å². The number of hydrogen-bond acceptors (Lipinski definition) is 4. The minimum absolute atomic E-state index is 0.144. The molecular weight excluding hydrogens is 266 g/mol. The quantitative estimate of drug-likeness (QED) is 0.880. The van der Waals surface area contributed by atoms with Crippen LogP contribution in [0.25, 0.3) is 0 Å². The maximum Gasteiger partial charge on any atom is 0.360 e. The minimum atomic E-state index is -0.460. The SMILES string of the molecule is CCOC(=O)c1ncn(C2CCCc3ccccc32)c1N. The molecule has 1 heterocycles. The number of hydrogen-bond donors (Lipinski definition) is 1. The van der Waals surface area contributed by atoms with Crippen LogP contribution in [0.3, 0.4) is 0 Å². The number of nitrogens with two attached hydrogens (primary N) is 1. The second kappa shape index (κ2) is 5.60. The Hall–Kier alpha value is -2.30. The molecule has 0 radical (unpaired) electrons. The van der Waals surface area contributed by atoms with E-state index in [9.17, 15) is 4.79 Å². The predicted octanol–water partition coefficient (Wildman–Crippen LogP) is 2.57. The largest absolute Gasteiger partial charge is 0.461 e. The second-order valence-electron chi connectivity index (χ2n) is 5.21. The van der Waals surface area contributed by atoms with Gasteiger partial charge in [-0.2, -0.15) is 0 Å². The Morgan fingerprint density at radius 1 is 1.48 bits per heavy atom. The fourth-order valence-electron chi connectivity index (χ4n) is 2.99. The second-order valence-corrected chi connectivity index (χ2v) is 5.21. The standard InChI is InChI=1S/C16H19N3O2/c1-2-21-16(20)14-15(17)19(10-18-14)13-9-5-7-11-6-3-4-8-12(11)13/h3-4,6,8,10,13H,2,5,7,9,17H2,1H3. The van der Waals surface area contributed by atoms with Crippen molar-refractivity contribution in [1.29, 1.82) is 0 Å². The maximum absolute atomic E-state index is 11.8. The zero-order valence-electron chi connectivity index (χ0n) is 12.1. The van der Waals surface area contributed by atoms with Crippen LogP contribution in [-0.2, 0) is 11.2 Å². The Kier molecular flexibility index (Phi) is 3.64. The number of anilines is 1. The molecule has 2 aromatic rings. The molecule has 2 N–H and O–H groups in total. The molecule has 0 fully saturated rings. The van der Waals surface area contributed by atoms with E-state index < -0.39 is 5.97 Å². The van der Waals surface area contributed by atoms with E-state index in [-0.39, 0.29) is 11.7 Å². The molecule has 0 bridgehead atoms. The highest BCUT2D eigenvalue weighted by atomic mass is 16.5. The number of carbonyl (C=O) groups excluding carboxylic acids is 1. The number of carbonyl (C=O) groups is 1. The first-order valence-corrected chi connectivity index (χ1v) is 7.29. The zero-order chi connectivity index (χ0) is 14.8.